The van der Waals surface area contributed by atoms with Crippen molar-refractivity contribution in [2.75, 3.05) is 0 Å². The Hall–Kier alpha value is 6.72. The van der Waals surface area contributed by atoms with E-state index in [0.717, 1.165) is 0 Å². The van der Waals surface area contributed by atoms with Gasteiger partial charge < -0.3 is 0 Å². The summed E-state index contributed by atoms with van der Waals surface area (Å²) in [4.78, 5) is 0. The Labute approximate surface area is 237 Å². The molecule has 2 N–H and O–H groups in total. The van der Waals surface area contributed by atoms with Crippen LogP contribution in [0, 0.1) is 0 Å². The van der Waals surface area contributed by atoms with Crippen molar-refractivity contribution in [2.24, 2.45) is 0 Å². The summed E-state index contributed by atoms with van der Waals surface area (Å²) in [5, 5.41) is 0. The molecular formula is H50Ge12MoO4. The third-order valence-corrected chi connectivity index (χ3v) is 0. The van der Waals surface area contributed by atoms with E-state index in [1.165, 1.54) is 0 Å². The third-order valence-electron chi connectivity index (χ3n) is 0. The summed E-state index contributed by atoms with van der Waals surface area (Å²) < 4.78 is 32.0. The monoisotopic (exact) mass is 1100 g/mol. The molecule has 0 heterocycles. The maximum absolute atomic E-state index is 8.85. The molecule has 17 heteroatoms. The average Bonchev–Trinajstić information content (AvgIpc) is 0.722. The van der Waals surface area contributed by atoms with Crippen LogP contribution in [-0.4, -0.2) is 219 Å². The second-order valence-corrected chi connectivity index (χ2v) is 2.65. The van der Waals surface area contributed by atoms with Gasteiger partial charge in [-0.3, -0.25) is 0 Å². The van der Waals surface area contributed by atoms with E-state index in [1.54, 1.807) is 0 Å². The van der Waals surface area contributed by atoms with Crippen LogP contribution in [0.5, 0.6) is 0 Å². The van der Waals surface area contributed by atoms with Gasteiger partial charge in [-0.25, -0.2) is 0 Å². The van der Waals surface area contributed by atoms with Crippen molar-refractivity contribution in [3.8, 4) is 0 Å². The van der Waals surface area contributed by atoms with Crippen molar-refractivity contribution in [1.82, 2.24) is 0 Å². The van der Waals surface area contributed by atoms with Crippen LogP contribution in [0.1, 0.15) is 0 Å². The van der Waals surface area contributed by atoms with Crippen LogP contribution in [0.4, 0.5) is 0 Å². The molecule has 0 spiro atoms. The summed E-state index contributed by atoms with van der Waals surface area (Å²) in [6.07, 6.45) is 0. The molecule has 0 rings (SSSR count). The van der Waals surface area contributed by atoms with Gasteiger partial charge in [0.2, 0.25) is 0 Å². The molecule has 0 radical (unpaired) electrons. The van der Waals surface area contributed by atoms with Crippen LogP contribution in [0.15, 0.2) is 0 Å². The van der Waals surface area contributed by atoms with E-state index in [9.17, 15) is 0 Å². The molecule has 0 aromatic rings. The number of hydrogen-bond donors (Lipinski definition) is 2. The van der Waals surface area contributed by atoms with Crippen LogP contribution < -0.4 is 0 Å². The fourth-order valence-corrected chi connectivity index (χ4v) is 0. The first-order valence-corrected chi connectivity index (χ1v) is 4.13. The molecule has 0 aliphatic heterocycles. The summed E-state index contributed by atoms with van der Waals surface area (Å²) in [5.41, 5.74) is 0. The normalized spacial score (nSPS) is 3.41. The van der Waals surface area contributed by atoms with E-state index in [4.69, 9.17) is 14.3 Å². The van der Waals surface area contributed by atoms with Crippen LogP contribution in [0.25, 0.3) is 0 Å². The van der Waals surface area contributed by atoms with E-state index in [-0.39, 0.29) is 211 Å². The Bertz CT molecular complexity index is 102. The van der Waals surface area contributed by atoms with Gasteiger partial charge in [-0.15, -0.1) is 0 Å². The molecule has 0 amide bonds. The van der Waals surface area contributed by atoms with Gasteiger partial charge in [0.25, 0.3) is 0 Å². The standard InChI is InChI=1S/12GeH4.Mo.2H2O.2O/h12*1H4;;2*1H2;;/q;;;;;;;;;;;;+2;;;;/p-2. The second kappa shape index (κ2) is 66.2. The van der Waals surface area contributed by atoms with Gasteiger partial charge in [0, 0.05) is 0 Å². The molecule has 0 aliphatic carbocycles. The summed E-state index contributed by atoms with van der Waals surface area (Å²) in [5.74, 6) is 0. The van der Waals surface area contributed by atoms with E-state index < -0.39 is 16.7 Å². The van der Waals surface area contributed by atoms with Gasteiger partial charge in [-0.1, -0.05) is 0 Å². The first-order chi connectivity index (χ1) is 2.00. The Morgan fingerprint density at radius 1 is 0.412 bits per heavy atom. The Morgan fingerprint density at radius 2 is 0.412 bits per heavy atom. The van der Waals surface area contributed by atoms with Gasteiger partial charge in [-0.2, -0.15) is 0 Å². The van der Waals surface area contributed by atoms with Crippen LogP contribution in [-0.2, 0) is 23.5 Å². The van der Waals surface area contributed by atoms with Gasteiger partial charge in [-0.05, 0) is 0 Å². The van der Waals surface area contributed by atoms with Crippen molar-refractivity contribution in [1.29, 1.82) is 0 Å². The molecule has 0 saturated carbocycles. The predicted molar refractivity (Wildman–Crippen MR) is 142 cm³/mol. The number of hydrogen-bond acceptors (Lipinski definition) is 2. The Morgan fingerprint density at radius 3 is 0.412 bits per heavy atom. The maximum atomic E-state index is 8.85. The summed E-state index contributed by atoms with van der Waals surface area (Å²) in [7, 11) is 0. The van der Waals surface area contributed by atoms with Gasteiger partial charge in [0.05, 0.1) is 0 Å². The SMILES string of the molecule is [GeH4].[GeH4].[GeH4].[GeH4].[GeH4].[GeH4].[GeH4].[GeH4].[GeH4].[GeH4].[GeH4].[GeH4].[O]=[Mo](=[O])([OH])[OH]. The molecule has 0 aliphatic rings. The van der Waals surface area contributed by atoms with Crippen LogP contribution >= 0.6 is 0 Å². The Kier molecular flexibility index (Phi) is 415. The van der Waals surface area contributed by atoms with Crippen molar-refractivity contribution < 1.29 is 31.1 Å². The predicted octanol–water partition coefficient (Wildman–Crippen LogP) is -18.8. The fraction of sp³-hybridized carbons (Fsp3) is 0. The van der Waals surface area contributed by atoms with E-state index in [2.05, 4.69) is 0 Å². The topological polar surface area (TPSA) is 74.6 Å². The zero-order chi connectivity index (χ0) is 4.50. The molecule has 0 bridgehead atoms. The third kappa shape index (κ3) is 216. The zero-order valence-electron chi connectivity index (χ0n) is 2.12. The van der Waals surface area contributed by atoms with E-state index >= 15 is 0 Å². The van der Waals surface area contributed by atoms with Gasteiger partial charge >= 0.3 is 242 Å². The minimum atomic E-state index is -5.52. The number of rotatable bonds is 0. The molecular weight excluding hydrogens is 1030 g/mol. The zero-order valence-corrected chi connectivity index (χ0v) is 4.13. The molecule has 17 heavy (non-hydrogen) atoms. The van der Waals surface area contributed by atoms with E-state index in [0.29, 0.717) is 0 Å². The van der Waals surface area contributed by atoms with Crippen molar-refractivity contribution in [2.45, 2.75) is 0 Å². The molecule has 0 unspecified atom stereocenters. The molecule has 0 aromatic heterocycles. The van der Waals surface area contributed by atoms with Crippen molar-refractivity contribution in [3.63, 3.8) is 0 Å². The quantitative estimate of drug-likeness (QED) is 0.237. The van der Waals surface area contributed by atoms with Gasteiger partial charge in [0.15, 0.2) is 0 Å². The molecule has 0 aromatic carbocycles. The molecule has 0 atom stereocenters. The van der Waals surface area contributed by atoms with Crippen molar-refractivity contribution in [3.05, 3.63) is 0 Å². The Balaban J connectivity index is -0.00000000121. The molecule has 0 saturated heterocycles. The molecule has 0 fully saturated rings. The van der Waals surface area contributed by atoms with Crippen LogP contribution in [0.3, 0.4) is 0 Å². The first-order valence-electron chi connectivity index (χ1n) is 0.698. The average molecular weight is 1080 g/mol. The van der Waals surface area contributed by atoms with E-state index in [1.807, 2.05) is 0 Å². The van der Waals surface area contributed by atoms with Gasteiger partial charge in [0.1, 0.15) is 0 Å². The summed E-state index contributed by atoms with van der Waals surface area (Å²) >= 11 is -5.52. The molecule has 128 valence electrons. The van der Waals surface area contributed by atoms with Crippen molar-refractivity contribution >= 4 is 211 Å². The molecule has 4 nitrogen and oxygen atoms in total. The fourth-order valence-electron chi connectivity index (χ4n) is 0. The summed E-state index contributed by atoms with van der Waals surface area (Å²) in [6.45, 7) is 0. The first kappa shape index (κ1) is 107. The minimum absolute atomic E-state index is 0. The summed E-state index contributed by atoms with van der Waals surface area (Å²) in [6, 6.07) is 0. The second-order valence-electron chi connectivity index (χ2n) is 0.448. The van der Waals surface area contributed by atoms with Crippen LogP contribution in [0.2, 0.25) is 0 Å².